The number of nitrogens with one attached hydrogen (secondary N) is 2. The van der Waals surface area contributed by atoms with Gasteiger partial charge in [-0.25, -0.2) is 4.98 Å². The SMILES string of the molecule is C[C@@H](NC(=S)Nc1nc(Cl)cc(N2Cc3ccccc3C2)n1)c1ccccc1. The van der Waals surface area contributed by atoms with E-state index in [1.54, 1.807) is 6.07 Å². The Morgan fingerprint density at radius 2 is 1.68 bits per heavy atom. The Morgan fingerprint density at radius 1 is 1.04 bits per heavy atom. The van der Waals surface area contributed by atoms with Crippen molar-refractivity contribution in [2.75, 3.05) is 10.2 Å². The summed E-state index contributed by atoms with van der Waals surface area (Å²) < 4.78 is 0. The van der Waals surface area contributed by atoms with E-state index in [-0.39, 0.29) is 6.04 Å². The molecular weight excluding hydrogens is 390 g/mol. The number of nitrogens with zero attached hydrogens (tertiary/aromatic N) is 3. The van der Waals surface area contributed by atoms with E-state index in [9.17, 15) is 0 Å². The van der Waals surface area contributed by atoms with Crippen molar-refractivity contribution in [2.45, 2.75) is 26.1 Å². The van der Waals surface area contributed by atoms with Gasteiger partial charge in [0.1, 0.15) is 11.0 Å². The monoisotopic (exact) mass is 409 g/mol. The van der Waals surface area contributed by atoms with Gasteiger partial charge in [-0.3, -0.25) is 0 Å². The topological polar surface area (TPSA) is 53.1 Å². The molecule has 0 unspecified atom stereocenters. The second-order valence-corrected chi connectivity index (χ2v) is 7.52. The number of anilines is 2. The van der Waals surface area contributed by atoms with Gasteiger partial charge in [-0.2, -0.15) is 4.98 Å². The van der Waals surface area contributed by atoms with E-state index in [0.717, 1.165) is 24.5 Å². The Bertz CT molecular complexity index is 970. The van der Waals surface area contributed by atoms with Crippen molar-refractivity contribution in [3.63, 3.8) is 0 Å². The van der Waals surface area contributed by atoms with Crippen molar-refractivity contribution in [1.29, 1.82) is 0 Å². The van der Waals surface area contributed by atoms with Crippen LogP contribution in [0.2, 0.25) is 5.15 Å². The number of aromatic nitrogens is 2. The third kappa shape index (κ3) is 4.24. The van der Waals surface area contributed by atoms with Gasteiger partial charge >= 0.3 is 0 Å². The maximum Gasteiger partial charge on any atom is 0.232 e. The largest absolute Gasteiger partial charge is 0.356 e. The van der Waals surface area contributed by atoms with Crippen LogP contribution in [0.25, 0.3) is 0 Å². The van der Waals surface area contributed by atoms with Crippen LogP contribution in [-0.2, 0) is 13.1 Å². The first-order valence-electron chi connectivity index (χ1n) is 9.07. The summed E-state index contributed by atoms with van der Waals surface area (Å²) >= 11 is 11.7. The standard InChI is InChI=1S/C21H20ClN5S/c1-14(15-7-3-2-4-8-15)23-21(28)26-20-24-18(22)11-19(25-20)27-12-16-9-5-6-10-17(16)13-27/h2-11,14H,12-13H2,1H3,(H2,23,24,25,26,28)/t14-/m1/s1. The molecule has 0 radical (unpaired) electrons. The van der Waals surface area contributed by atoms with E-state index in [1.807, 2.05) is 18.2 Å². The van der Waals surface area contributed by atoms with Crippen LogP contribution < -0.4 is 15.5 Å². The highest BCUT2D eigenvalue weighted by molar-refractivity contribution is 7.80. The maximum atomic E-state index is 6.24. The predicted octanol–water partition coefficient (Wildman–Crippen LogP) is 4.70. The Hall–Kier alpha value is -2.70. The summed E-state index contributed by atoms with van der Waals surface area (Å²) in [7, 11) is 0. The predicted molar refractivity (Wildman–Crippen MR) is 118 cm³/mol. The van der Waals surface area contributed by atoms with E-state index >= 15 is 0 Å². The molecule has 0 amide bonds. The molecule has 0 saturated heterocycles. The van der Waals surface area contributed by atoms with Crippen molar-refractivity contribution in [1.82, 2.24) is 15.3 Å². The molecule has 142 valence electrons. The van der Waals surface area contributed by atoms with Crippen molar-refractivity contribution in [3.8, 4) is 0 Å². The number of benzene rings is 2. The van der Waals surface area contributed by atoms with Gasteiger partial charge in [0, 0.05) is 19.2 Å². The molecule has 2 N–H and O–H groups in total. The molecule has 2 heterocycles. The summed E-state index contributed by atoms with van der Waals surface area (Å²) in [4.78, 5) is 11.0. The van der Waals surface area contributed by atoms with E-state index in [2.05, 4.69) is 68.8 Å². The van der Waals surface area contributed by atoms with Gasteiger partial charge in [-0.1, -0.05) is 66.2 Å². The van der Waals surface area contributed by atoms with Gasteiger partial charge in [-0.05, 0) is 35.8 Å². The van der Waals surface area contributed by atoms with E-state index in [1.165, 1.54) is 11.1 Å². The lowest BCUT2D eigenvalue weighted by Crippen LogP contribution is -2.31. The van der Waals surface area contributed by atoms with Crippen molar-refractivity contribution in [3.05, 3.63) is 82.5 Å². The van der Waals surface area contributed by atoms with Crippen LogP contribution in [0.4, 0.5) is 11.8 Å². The lowest BCUT2D eigenvalue weighted by Gasteiger charge is -2.19. The second kappa shape index (κ2) is 8.12. The molecule has 0 fully saturated rings. The van der Waals surface area contributed by atoms with Crippen LogP contribution in [0.15, 0.2) is 60.7 Å². The average Bonchev–Trinajstić information content (AvgIpc) is 3.12. The fraction of sp³-hybridized carbons (Fsp3) is 0.190. The van der Waals surface area contributed by atoms with E-state index < -0.39 is 0 Å². The van der Waals surface area contributed by atoms with Crippen molar-refractivity contribution in [2.24, 2.45) is 0 Å². The van der Waals surface area contributed by atoms with Crippen LogP contribution in [0.3, 0.4) is 0 Å². The van der Waals surface area contributed by atoms with Crippen LogP contribution in [0.1, 0.15) is 29.7 Å². The van der Waals surface area contributed by atoms with Crippen LogP contribution >= 0.6 is 23.8 Å². The first-order chi connectivity index (χ1) is 13.6. The third-order valence-corrected chi connectivity index (χ3v) is 5.13. The Balaban J connectivity index is 1.45. The molecule has 0 bridgehead atoms. The molecule has 7 heteroatoms. The molecule has 1 aliphatic rings. The number of hydrogen-bond acceptors (Lipinski definition) is 4. The fourth-order valence-corrected chi connectivity index (χ4v) is 3.72. The maximum absolute atomic E-state index is 6.24. The molecule has 28 heavy (non-hydrogen) atoms. The van der Waals surface area contributed by atoms with Gasteiger partial charge in [0.25, 0.3) is 0 Å². The number of halogens is 1. The normalized spacial score (nSPS) is 13.7. The van der Waals surface area contributed by atoms with Crippen LogP contribution in [-0.4, -0.2) is 15.1 Å². The van der Waals surface area contributed by atoms with Crippen LogP contribution in [0.5, 0.6) is 0 Å². The number of fused-ring (bicyclic) bond motifs is 1. The average molecular weight is 410 g/mol. The molecule has 3 aromatic rings. The quantitative estimate of drug-likeness (QED) is 0.481. The molecular formula is C21H20ClN5S. The summed E-state index contributed by atoms with van der Waals surface area (Å²) in [6, 6.07) is 20.3. The molecule has 1 atom stereocenters. The summed E-state index contributed by atoms with van der Waals surface area (Å²) in [6.07, 6.45) is 0. The minimum Gasteiger partial charge on any atom is -0.356 e. The Labute approximate surface area is 174 Å². The molecule has 5 nitrogen and oxygen atoms in total. The minimum absolute atomic E-state index is 0.0629. The smallest absolute Gasteiger partial charge is 0.232 e. The molecule has 4 rings (SSSR count). The zero-order valence-corrected chi connectivity index (χ0v) is 17.0. The Kier molecular flexibility index (Phi) is 5.41. The van der Waals surface area contributed by atoms with E-state index in [4.69, 9.17) is 23.8 Å². The zero-order valence-electron chi connectivity index (χ0n) is 15.4. The van der Waals surface area contributed by atoms with Gasteiger partial charge in [0.05, 0.1) is 6.04 Å². The van der Waals surface area contributed by atoms with Gasteiger partial charge in [0.2, 0.25) is 5.95 Å². The van der Waals surface area contributed by atoms with Gasteiger partial charge < -0.3 is 15.5 Å². The number of hydrogen-bond donors (Lipinski definition) is 2. The first kappa shape index (κ1) is 18.7. The first-order valence-corrected chi connectivity index (χ1v) is 9.86. The molecule has 0 spiro atoms. The summed E-state index contributed by atoms with van der Waals surface area (Å²) in [6.45, 7) is 3.66. The van der Waals surface area contributed by atoms with E-state index in [0.29, 0.717) is 16.2 Å². The highest BCUT2D eigenvalue weighted by Gasteiger charge is 2.21. The molecule has 1 aliphatic heterocycles. The van der Waals surface area contributed by atoms with Crippen LogP contribution in [0, 0.1) is 0 Å². The third-order valence-electron chi connectivity index (χ3n) is 4.72. The highest BCUT2D eigenvalue weighted by atomic mass is 35.5. The Morgan fingerprint density at radius 3 is 2.36 bits per heavy atom. The number of thiocarbonyl (C=S) groups is 1. The van der Waals surface area contributed by atoms with Gasteiger partial charge in [0.15, 0.2) is 5.11 Å². The summed E-state index contributed by atoms with van der Waals surface area (Å²) in [5, 5.41) is 7.14. The molecule has 1 aromatic heterocycles. The zero-order chi connectivity index (χ0) is 19.5. The molecule has 0 saturated carbocycles. The fourth-order valence-electron chi connectivity index (χ4n) is 3.28. The highest BCUT2D eigenvalue weighted by Crippen LogP contribution is 2.28. The second-order valence-electron chi connectivity index (χ2n) is 6.73. The van der Waals surface area contributed by atoms with Gasteiger partial charge in [-0.15, -0.1) is 0 Å². The van der Waals surface area contributed by atoms with Crippen molar-refractivity contribution < 1.29 is 0 Å². The number of rotatable bonds is 4. The molecule has 0 aliphatic carbocycles. The lowest BCUT2D eigenvalue weighted by molar-refractivity contribution is 0.722. The lowest BCUT2D eigenvalue weighted by atomic mass is 10.1. The molecule has 2 aromatic carbocycles. The summed E-state index contributed by atoms with van der Waals surface area (Å²) in [5.41, 5.74) is 3.76. The summed E-state index contributed by atoms with van der Waals surface area (Å²) in [5.74, 6) is 1.16. The minimum atomic E-state index is 0.0629. The van der Waals surface area contributed by atoms with Crippen molar-refractivity contribution >= 4 is 40.7 Å².